The van der Waals surface area contributed by atoms with Crippen molar-refractivity contribution >= 4 is 35.5 Å². The van der Waals surface area contributed by atoms with Gasteiger partial charge in [-0.15, -0.1) is 0 Å². The summed E-state index contributed by atoms with van der Waals surface area (Å²) in [6.07, 6.45) is 5.91. The molecule has 1 saturated carbocycles. The van der Waals surface area contributed by atoms with E-state index in [1.165, 1.54) is 11.8 Å². The van der Waals surface area contributed by atoms with Crippen LogP contribution in [0.3, 0.4) is 0 Å². The lowest BCUT2D eigenvalue weighted by molar-refractivity contribution is -0.158. The number of unbranched alkanes of at least 4 members (excludes halogenated alkanes) is 3. The summed E-state index contributed by atoms with van der Waals surface area (Å²) in [6.45, 7) is 6.31. The van der Waals surface area contributed by atoms with Crippen molar-refractivity contribution in [2.45, 2.75) is 141 Å². The monoisotopic (exact) mass is 786 g/mol. The van der Waals surface area contributed by atoms with Gasteiger partial charge in [0.25, 0.3) is 0 Å². The van der Waals surface area contributed by atoms with Crippen molar-refractivity contribution in [2.75, 3.05) is 27.2 Å². The number of amides is 5. The number of rotatable bonds is 13. The molecule has 5 amide bonds. The van der Waals surface area contributed by atoms with Crippen molar-refractivity contribution in [3.63, 3.8) is 0 Å². The van der Waals surface area contributed by atoms with Gasteiger partial charge in [0.1, 0.15) is 42.6 Å². The van der Waals surface area contributed by atoms with Crippen LogP contribution in [-0.2, 0) is 39.9 Å². The predicted octanol–water partition coefficient (Wildman–Crippen LogP) is 2.11. The fraction of sp³-hybridized carbons (Fsp3) is 0.707. The smallest absolute Gasteiger partial charge is 0.325 e. The molecule has 0 radical (unpaired) electrons. The Hall–Kier alpha value is -4.24. The fourth-order valence-electron chi connectivity index (χ4n) is 7.56. The number of hydrogen-bond donors (Lipinski definition) is 6. The van der Waals surface area contributed by atoms with E-state index in [9.17, 15) is 33.9 Å². The molecule has 0 spiro atoms. The first-order valence-corrected chi connectivity index (χ1v) is 20.4. The summed E-state index contributed by atoms with van der Waals surface area (Å²) in [5.74, 6) is -4.62. The fourth-order valence-corrected chi connectivity index (χ4v) is 7.56. The van der Waals surface area contributed by atoms with E-state index in [1.807, 2.05) is 26.0 Å². The normalized spacial score (nSPS) is 26.2. The number of nitrogens with one attached hydrogen (secondary N) is 4. The number of ether oxygens (including phenoxy) is 2. The van der Waals surface area contributed by atoms with Crippen LogP contribution in [-0.4, -0.2) is 109 Å². The molecule has 15 heteroatoms. The Bertz CT molecular complexity index is 1450. The van der Waals surface area contributed by atoms with Gasteiger partial charge in [0.2, 0.25) is 29.5 Å². The molecular weight excluding hydrogens is 720 g/mol. The Morgan fingerprint density at radius 3 is 2.16 bits per heavy atom. The second-order valence-corrected chi connectivity index (χ2v) is 15.8. The van der Waals surface area contributed by atoms with Crippen LogP contribution in [0.5, 0.6) is 5.75 Å². The Morgan fingerprint density at radius 1 is 0.893 bits per heavy atom. The van der Waals surface area contributed by atoms with Crippen LogP contribution in [0.25, 0.3) is 0 Å². The maximum atomic E-state index is 14.9. The lowest BCUT2D eigenvalue weighted by Crippen LogP contribution is -2.62. The van der Waals surface area contributed by atoms with Crippen LogP contribution in [0.4, 0.5) is 0 Å². The lowest BCUT2D eigenvalue weighted by Gasteiger charge is -2.36. The third kappa shape index (κ3) is 13.7. The molecule has 0 aromatic heterocycles. The van der Waals surface area contributed by atoms with E-state index in [2.05, 4.69) is 28.2 Å². The van der Waals surface area contributed by atoms with Gasteiger partial charge in [-0.3, -0.25) is 28.8 Å². The number of nitrogens with zero attached hydrogens (tertiary/aromatic N) is 1. The van der Waals surface area contributed by atoms with Crippen LogP contribution in [0.2, 0.25) is 0 Å². The minimum absolute atomic E-state index is 0.0249. The molecule has 2 aliphatic rings. The topological polar surface area (TPSA) is 218 Å². The molecule has 7 atom stereocenters. The number of cyclic esters (lactones) is 1. The highest BCUT2D eigenvalue weighted by molar-refractivity contribution is 5.96. The van der Waals surface area contributed by atoms with Crippen LogP contribution < -0.4 is 31.7 Å². The van der Waals surface area contributed by atoms with Gasteiger partial charge >= 0.3 is 5.97 Å². The molecule has 1 aromatic carbocycles. The van der Waals surface area contributed by atoms with Gasteiger partial charge < -0.3 is 46.5 Å². The molecule has 0 unspecified atom stereocenters. The third-order valence-electron chi connectivity index (χ3n) is 10.9. The van der Waals surface area contributed by atoms with Crippen molar-refractivity contribution in [3.05, 3.63) is 29.8 Å². The lowest BCUT2D eigenvalue weighted by atomic mass is 9.83. The van der Waals surface area contributed by atoms with E-state index in [1.54, 1.807) is 26.3 Å². The van der Waals surface area contributed by atoms with Crippen molar-refractivity contribution in [3.8, 4) is 5.75 Å². The highest BCUT2D eigenvalue weighted by Crippen LogP contribution is 2.29. The number of esters is 1. The number of benzene rings is 1. The van der Waals surface area contributed by atoms with Gasteiger partial charge in [-0.2, -0.15) is 0 Å². The average Bonchev–Trinajstić information content (AvgIpc) is 3.18. The molecular formula is C41H66N6O9. The molecule has 2 fully saturated rings. The number of methoxy groups -OCH3 is 1. The summed E-state index contributed by atoms with van der Waals surface area (Å²) in [4.78, 5) is 85.1. The summed E-state index contributed by atoms with van der Waals surface area (Å²) in [5, 5.41) is 21.0. The number of aliphatic hydroxyl groups excluding tert-OH is 1. The van der Waals surface area contributed by atoms with E-state index >= 15 is 0 Å². The molecule has 1 heterocycles. The number of aliphatic hydroxyl groups is 1. The van der Waals surface area contributed by atoms with Gasteiger partial charge in [0, 0.05) is 13.6 Å². The van der Waals surface area contributed by atoms with Crippen molar-refractivity contribution in [1.29, 1.82) is 0 Å². The first-order valence-electron chi connectivity index (χ1n) is 20.4. The SMILES string of the molecule is CCCCCC[C@H]1OC(=O)CNC(=O)[C@H]([C@H](C)O)NC(=O)[C@H](CN)NC(=O)[C@H](C2CCCCC2)NC(=O)[C@H](CC(C)C)N(C)C(=O)[C@@H]1Cc1ccc(OC)cc1. The summed E-state index contributed by atoms with van der Waals surface area (Å²) >= 11 is 0. The van der Waals surface area contributed by atoms with Gasteiger partial charge in [-0.25, -0.2) is 0 Å². The van der Waals surface area contributed by atoms with E-state index < -0.39 is 84.3 Å². The predicted molar refractivity (Wildman–Crippen MR) is 211 cm³/mol. The highest BCUT2D eigenvalue weighted by Gasteiger charge is 2.41. The summed E-state index contributed by atoms with van der Waals surface area (Å²) in [6, 6.07) is 2.39. The molecule has 7 N–H and O–H groups in total. The number of carbonyl (C=O) groups excluding carboxylic acids is 6. The molecule has 56 heavy (non-hydrogen) atoms. The van der Waals surface area contributed by atoms with E-state index in [4.69, 9.17) is 15.2 Å². The molecule has 15 nitrogen and oxygen atoms in total. The van der Waals surface area contributed by atoms with Crippen molar-refractivity contribution < 1.29 is 43.3 Å². The van der Waals surface area contributed by atoms with E-state index in [0.717, 1.165) is 44.1 Å². The standard InChI is InChI=1S/C41H66N6O9/c1-7-8-9-13-16-33-30(22-27-17-19-29(55-6)20-18-27)41(54)47(5)32(21-25(2)3)38(51)46-36(28-14-11-10-12-15-28)40(53)44-31(23-42)37(50)45-35(26(4)48)39(52)43-24-34(49)56-33/h17-20,25-26,28,30-33,35-36,48H,7-16,21-24,42H2,1-6H3,(H,43,52)(H,44,53)(H,45,50)(H,46,51)/t26-,30+,31-,32-,33+,35-,36-/m0/s1. The second kappa shape index (κ2) is 23.1. The summed E-state index contributed by atoms with van der Waals surface area (Å²) in [7, 11) is 3.12. The average molecular weight is 787 g/mol. The Balaban J connectivity index is 2.15. The van der Waals surface area contributed by atoms with Crippen molar-refractivity contribution in [2.24, 2.45) is 23.5 Å². The van der Waals surface area contributed by atoms with Crippen LogP contribution >= 0.6 is 0 Å². The Labute approximate surface area is 331 Å². The van der Waals surface area contributed by atoms with Gasteiger partial charge in [-0.05, 0) is 75.0 Å². The Morgan fingerprint density at radius 2 is 1.57 bits per heavy atom. The first-order chi connectivity index (χ1) is 26.7. The zero-order chi connectivity index (χ0) is 41.4. The second-order valence-electron chi connectivity index (χ2n) is 15.8. The van der Waals surface area contributed by atoms with Crippen LogP contribution in [0.15, 0.2) is 24.3 Å². The zero-order valence-electron chi connectivity index (χ0n) is 34.1. The molecule has 1 aliphatic heterocycles. The summed E-state index contributed by atoms with van der Waals surface area (Å²) in [5.41, 5.74) is 6.72. The van der Waals surface area contributed by atoms with Crippen LogP contribution in [0, 0.1) is 17.8 Å². The van der Waals surface area contributed by atoms with E-state index in [0.29, 0.717) is 31.4 Å². The van der Waals surface area contributed by atoms with Crippen molar-refractivity contribution in [1.82, 2.24) is 26.2 Å². The first kappa shape index (κ1) is 46.1. The molecule has 3 rings (SSSR count). The maximum Gasteiger partial charge on any atom is 0.325 e. The molecule has 314 valence electrons. The number of nitrogens with two attached hydrogens (primary N) is 1. The highest BCUT2D eigenvalue weighted by atomic mass is 16.5. The van der Waals surface area contributed by atoms with E-state index in [-0.39, 0.29) is 31.2 Å². The number of carbonyl (C=O) groups is 6. The quantitative estimate of drug-likeness (QED) is 0.126. The minimum atomic E-state index is -1.50. The minimum Gasteiger partial charge on any atom is -0.497 e. The largest absolute Gasteiger partial charge is 0.497 e. The Kier molecular flexibility index (Phi) is 19.0. The molecule has 1 aliphatic carbocycles. The number of likely N-dealkylation sites (N-methyl/N-ethyl adjacent to an activating group) is 1. The van der Waals surface area contributed by atoms with Gasteiger partial charge in [0.05, 0.1) is 19.1 Å². The zero-order valence-corrected chi connectivity index (χ0v) is 34.1. The number of hydrogen-bond acceptors (Lipinski definition) is 10. The van der Waals surface area contributed by atoms with Crippen LogP contribution in [0.1, 0.15) is 104 Å². The van der Waals surface area contributed by atoms with Gasteiger partial charge in [0.15, 0.2) is 0 Å². The maximum absolute atomic E-state index is 14.9. The summed E-state index contributed by atoms with van der Waals surface area (Å²) < 4.78 is 11.4. The third-order valence-corrected chi connectivity index (χ3v) is 10.9. The molecule has 1 aromatic rings. The molecule has 0 bridgehead atoms. The molecule has 1 saturated heterocycles. The van der Waals surface area contributed by atoms with Gasteiger partial charge in [-0.1, -0.05) is 71.4 Å².